The van der Waals surface area contributed by atoms with E-state index in [-0.39, 0.29) is 16.4 Å². The lowest BCUT2D eigenvalue weighted by Crippen LogP contribution is -2.29. The number of aromatic nitrogens is 2. The van der Waals surface area contributed by atoms with Crippen LogP contribution in [-0.2, 0) is 27.4 Å². The summed E-state index contributed by atoms with van der Waals surface area (Å²) < 4.78 is 43.2. The molecule has 1 unspecified atom stereocenters. The molecule has 0 fully saturated rings. The Hall–Kier alpha value is -4.09. The summed E-state index contributed by atoms with van der Waals surface area (Å²) in [6.07, 6.45) is 3.72. The molecule has 9 nitrogen and oxygen atoms in total. The molecule has 0 spiro atoms. The van der Waals surface area contributed by atoms with E-state index in [1.807, 2.05) is 18.2 Å². The molecule has 1 atom stereocenters. The predicted octanol–water partition coefficient (Wildman–Crippen LogP) is 3.62. The van der Waals surface area contributed by atoms with E-state index >= 15 is 0 Å². The normalized spacial score (nSPS) is 13.6. The molecule has 0 saturated heterocycles. The fourth-order valence-corrected chi connectivity index (χ4v) is 6.16. The molecule has 182 valence electrons. The Morgan fingerprint density at radius 1 is 0.917 bits per heavy atom. The molecule has 2 heterocycles. The Bertz CT molecular complexity index is 1540. The van der Waals surface area contributed by atoms with Crippen LogP contribution in [0.4, 0.5) is 17.3 Å². The summed E-state index contributed by atoms with van der Waals surface area (Å²) in [5, 5.41) is 2.75. The zero-order valence-electron chi connectivity index (χ0n) is 18.9. The molecule has 1 aliphatic heterocycles. The molecule has 4 aromatic rings. The molecule has 2 N–H and O–H groups in total. The van der Waals surface area contributed by atoms with Gasteiger partial charge in [0.25, 0.3) is 15.9 Å². The number of hydrogen-bond donors (Lipinski definition) is 2. The van der Waals surface area contributed by atoms with Gasteiger partial charge < -0.3 is 5.32 Å². The number of carbonyl (C=O) groups excluding carboxylic acids is 1. The van der Waals surface area contributed by atoms with Gasteiger partial charge in [-0.25, -0.2) is 22.6 Å². The largest absolute Gasteiger partial charge is 0.322 e. The molecule has 5 rings (SSSR count). The lowest BCUT2D eigenvalue weighted by Gasteiger charge is -2.20. The van der Waals surface area contributed by atoms with Crippen LogP contribution < -0.4 is 14.3 Å². The highest BCUT2D eigenvalue weighted by Gasteiger charge is 2.31. The fourth-order valence-electron chi connectivity index (χ4n) is 3.84. The monoisotopic (exact) mass is 519 g/mol. The van der Waals surface area contributed by atoms with Gasteiger partial charge in [0.1, 0.15) is 0 Å². The van der Waals surface area contributed by atoms with Crippen LogP contribution in [0, 0.1) is 0 Å². The van der Waals surface area contributed by atoms with Crippen molar-refractivity contribution in [3.63, 3.8) is 0 Å². The van der Waals surface area contributed by atoms with Crippen LogP contribution in [0.25, 0.3) is 0 Å². The van der Waals surface area contributed by atoms with E-state index in [0.717, 1.165) is 5.56 Å². The highest BCUT2D eigenvalue weighted by Crippen LogP contribution is 2.32. The summed E-state index contributed by atoms with van der Waals surface area (Å²) in [6, 6.07) is 21.5. The summed E-state index contributed by atoms with van der Waals surface area (Å²) in [5.74, 6) is -0.223. The van der Waals surface area contributed by atoms with E-state index in [1.54, 1.807) is 48.5 Å². The summed E-state index contributed by atoms with van der Waals surface area (Å²) in [4.78, 5) is 21.3. The molecule has 11 heteroatoms. The Morgan fingerprint density at radius 2 is 1.67 bits per heavy atom. The first kappa shape index (κ1) is 23.6. The molecule has 36 heavy (non-hydrogen) atoms. The Morgan fingerprint density at radius 3 is 2.44 bits per heavy atom. The fraction of sp³-hybridized carbons (Fsp3) is 0.0800. The van der Waals surface area contributed by atoms with Gasteiger partial charge in [0.2, 0.25) is 5.95 Å². The molecular formula is C25H21N5O4S2. The third kappa shape index (κ3) is 4.83. The highest BCUT2D eigenvalue weighted by atomic mass is 32.2. The number of para-hydroxylation sites is 1. The number of sulfonamides is 1. The van der Waals surface area contributed by atoms with Crippen molar-refractivity contribution in [1.29, 1.82) is 0 Å². The molecule has 3 aromatic carbocycles. The molecule has 0 bridgehead atoms. The smallest absolute Gasteiger partial charge is 0.264 e. The maximum atomic E-state index is 13.3. The first-order valence-corrected chi connectivity index (χ1v) is 13.6. The zero-order valence-corrected chi connectivity index (χ0v) is 20.5. The second-order valence-corrected chi connectivity index (χ2v) is 11.0. The quantitative estimate of drug-likeness (QED) is 0.385. The van der Waals surface area contributed by atoms with Crippen molar-refractivity contribution >= 4 is 44.2 Å². The van der Waals surface area contributed by atoms with Gasteiger partial charge >= 0.3 is 0 Å². The number of anilines is 3. The van der Waals surface area contributed by atoms with E-state index in [9.17, 15) is 17.4 Å². The van der Waals surface area contributed by atoms with Crippen molar-refractivity contribution in [2.75, 3.05) is 20.9 Å². The van der Waals surface area contributed by atoms with Gasteiger partial charge in [-0.15, -0.1) is 0 Å². The minimum atomic E-state index is -3.82. The lowest BCUT2D eigenvalue weighted by molar-refractivity contribution is 0.102. The third-order valence-corrected chi connectivity index (χ3v) is 8.48. The van der Waals surface area contributed by atoms with Gasteiger partial charge in [-0.3, -0.25) is 13.8 Å². The SMILES string of the molecule is O=C(Nc1ccc(S(=O)Nc2ncccn2)cc1)c1cccc(S(=O)(=O)N2CCc3ccccc32)c1. The summed E-state index contributed by atoms with van der Waals surface area (Å²) >= 11 is 0. The van der Waals surface area contributed by atoms with E-state index < -0.39 is 26.9 Å². The van der Waals surface area contributed by atoms with Gasteiger partial charge in [-0.1, -0.05) is 24.3 Å². The minimum absolute atomic E-state index is 0.0480. The predicted molar refractivity (Wildman–Crippen MR) is 138 cm³/mol. The van der Waals surface area contributed by atoms with Crippen LogP contribution in [0.15, 0.2) is 101 Å². The second kappa shape index (κ2) is 9.88. The molecule has 0 aliphatic carbocycles. The van der Waals surface area contributed by atoms with Crippen LogP contribution in [0.5, 0.6) is 0 Å². The number of nitrogens with zero attached hydrogens (tertiary/aromatic N) is 3. The van der Waals surface area contributed by atoms with Crippen molar-refractivity contribution in [2.24, 2.45) is 0 Å². The topological polar surface area (TPSA) is 121 Å². The van der Waals surface area contributed by atoms with Crippen molar-refractivity contribution in [1.82, 2.24) is 9.97 Å². The molecule has 1 amide bonds. The Balaban J connectivity index is 1.29. The Kier molecular flexibility index (Phi) is 6.49. The summed E-state index contributed by atoms with van der Waals surface area (Å²) in [7, 11) is -5.40. The van der Waals surface area contributed by atoms with Gasteiger partial charge in [0.05, 0.1) is 15.5 Å². The highest BCUT2D eigenvalue weighted by molar-refractivity contribution is 7.92. The van der Waals surface area contributed by atoms with E-state index in [0.29, 0.717) is 29.2 Å². The van der Waals surface area contributed by atoms with Crippen molar-refractivity contribution in [2.45, 2.75) is 16.2 Å². The Labute approximate surface area is 210 Å². The van der Waals surface area contributed by atoms with Crippen molar-refractivity contribution in [3.8, 4) is 0 Å². The zero-order chi connectivity index (χ0) is 25.1. The van der Waals surface area contributed by atoms with Crippen molar-refractivity contribution in [3.05, 3.63) is 102 Å². The van der Waals surface area contributed by atoms with Crippen LogP contribution in [0.1, 0.15) is 15.9 Å². The number of benzene rings is 3. The molecular weight excluding hydrogens is 498 g/mol. The minimum Gasteiger partial charge on any atom is -0.322 e. The van der Waals surface area contributed by atoms with Crippen molar-refractivity contribution < 1.29 is 17.4 Å². The van der Waals surface area contributed by atoms with Gasteiger partial charge in [0, 0.05) is 30.2 Å². The van der Waals surface area contributed by atoms with Crippen LogP contribution >= 0.6 is 0 Å². The first-order valence-electron chi connectivity index (χ1n) is 11.0. The molecule has 0 radical (unpaired) electrons. The molecule has 1 aromatic heterocycles. The molecule has 0 saturated carbocycles. The lowest BCUT2D eigenvalue weighted by atomic mass is 10.2. The average Bonchev–Trinajstić information content (AvgIpc) is 3.35. The second-order valence-electron chi connectivity index (χ2n) is 7.91. The van der Waals surface area contributed by atoms with Gasteiger partial charge in [0.15, 0.2) is 11.0 Å². The summed E-state index contributed by atoms with van der Waals surface area (Å²) in [5.41, 5.74) is 2.32. The number of fused-ring (bicyclic) bond motifs is 1. The average molecular weight is 520 g/mol. The number of carbonyl (C=O) groups is 1. The van der Waals surface area contributed by atoms with E-state index in [2.05, 4.69) is 20.0 Å². The number of amides is 1. The van der Waals surface area contributed by atoms with Gasteiger partial charge in [-0.05, 0) is 66.6 Å². The maximum Gasteiger partial charge on any atom is 0.264 e. The number of rotatable bonds is 7. The van der Waals surface area contributed by atoms with Crippen LogP contribution in [-0.4, -0.2) is 35.0 Å². The number of nitrogens with one attached hydrogen (secondary N) is 2. The van der Waals surface area contributed by atoms with Crippen LogP contribution in [0.3, 0.4) is 0 Å². The van der Waals surface area contributed by atoms with Gasteiger partial charge in [-0.2, -0.15) is 0 Å². The first-order chi connectivity index (χ1) is 17.4. The van der Waals surface area contributed by atoms with E-state index in [4.69, 9.17) is 0 Å². The maximum absolute atomic E-state index is 13.3. The molecule has 1 aliphatic rings. The van der Waals surface area contributed by atoms with E-state index in [1.165, 1.54) is 28.8 Å². The number of hydrogen-bond acceptors (Lipinski definition) is 6. The summed E-state index contributed by atoms with van der Waals surface area (Å²) in [6.45, 7) is 0.358. The van der Waals surface area contributed by atoms with Crippen LogP contribution in [0.2, 0.25) is 0 Å². The standard InChI is InChI=1S/C25H21N5O4S2/c31-24(28-20-9-11-21(12-10-20)35(32)29-25-26-14-4-15-27-25)19-6-3-7-22(17-19)36(33,34)30-16-13-18-5-1-2-8-23(18)30/h1-12,14-15,17H,13,16H2,(H,28,31)(H,26,27,29). The third-order valence-electron chi connectivity index (χ3n) is 5.60.